The number of carboxylic acids is 1. The minimum absolute atomic E-state index is 0.359. The Morgan fingerprint density at radius 3 is 2.86 bits per heavy atom. The number of aliphatic carboxylic acids is 1. The molecule has 0 saturated carbocycles. The molecule has 5 heteroatoms. The second-order valence-electron chi connectivity index (χ2n) is 3.01. The minimum Gasteiger partial charge on any atom is -0.480 e. The van der Waals surface area contributed by atoms with E-state index in [0.29, 0.717) is 5.82 Å². The third-order valence-electron chi connectivity index (χ3n) is 1.86. The normalized spacial score (nSPS) is 14.4. The zero-order valence-electron chi connectivity index (χ0n) is 7.84. The van der Waals surface area contributed by atoms with Gasteiger partial charge in [-0.1, -0.05) is 6.07 Å². The molecule has 1 aromatic rings. The number of nitrogens with two attached hydrogens (primary N) is 1. The molecular formula is C9H13N3O2. The van der Waals surface area contributed by atoms with Crippen molar-refractivity contribution in [3.8, 4) is 0 Å². The van der Waals surface area contributed by atoms with E-state index in [0.717, 1.165) is 0 Å². The van der Waals surface area contributed by atoms with Gasteiger partial charge in [0.25, 0.3) is 0 Å². The first-order valence-electron chi connectivity index (χ1n) is 4.27. The van der Waals surface area contributed by atoms with Gasteiger partial charge in [-0.3, -0.25) is 4.79 Å². The maximum absolute atomic E-state index is 10.5. The topological polar surface area (TPSA) is 88.2 Å². The van der Waals surface area contributed by atoms with E-state index in [2.05, 4.69) is 10.3 Å². The quantitative estimate of drug-likeness (QED) is 0.642. The van der Waals surface area contributed by atoms with Crippen LogP contribution < -0.4 is 11.1 Å². The molecule has 0 aliphatic rings. The Bertz CT molecular complexity index is 302. The van der Waals surface area contributed by atoms with Crippen molar-refractivity contribution in [1.29, 1.82) is 0 Å². The fraction of sp³-hybridized carbons (Fsp3) is 0.333. The molecule has 1 rings (SSSR count). The Balaban J connectivity index is 2.57. The average Bonchev–Trinajstić information content (AvgIpc) is 2.18. The summed E-state index contributed by atoms with van der Waals surface area (Å²) in [6.07, 6.45) is 1.63. The first kappa shape index (κ1) is 10.5. The number of nitrogens with zero attached hydrogens (tertiary/aromatic N) is 1. The summed E-state index contributed by atoms with van der Waals surface area (Å²) in [7, 11) is 0. The van der Waals surface area contributed by atoms with Crippen LogP contribution in [0.3, 0.4) is 0 Å². The lowest BCUT2D eigenvalue weighted by Gasteiger charge is -2.17. The molecule has 2 atom stereocenters. The Labute approximate surface area is 82.0 Å². The molecule has 0 spiro atoms. The Morgan fingerprint density at radius 1 is 1.64 bits per heavy atom. The molecule has 14 heavy (non-hydrogen) atoms. The second-order valence-corrected chi connectivity index (χ2v) is 3.01. The standard InChI is InChI=1S/C9H13N3O2/c1-6(8(10)9(13)14)12-7-4-2-3-5-11-7/h2-6,8H,10H2,1H3,(H,11,12)(H,13,14). The van der Waals surface area contributed by atoms with Crippen LogP contribution in [0, 0.1) is 0 Å². The zero-order valence-corrected chi connectivity index (χ0v) is 7.84. The van der Waals surface area contributed by atoms with Crippen molar-refractivity contribution >= 4 is 11.8 Å². The van der Waals surface area contributed by atoms with Gasteiger partial charge < -0.3 is 16.2 Å². The van der Waals surface area contributed by atoms with Crippen LogP contribution >= 0.6 is 0 Å². The number of carboxylic acid groups (broad SMARTS) is 1. The van der Waals surface area contributed by atoms with Crippen molar-refractivity contribution in [2.24, 2.45) is 5.73 Å². The van der Waals surface area contributed by atoms with Crippen LogP contribution in [0.25, 0.3) is 0 Å². The monoisotopic (exact) mass is 195 g/mol. The van der Waals surface area contributed by atoms with Gasteiger partial charge in [-0.25, -0.2) is 4.98 Å². The first-order valence-corrected chi connectivity index (χ1v) is 4.27. The highest BCUT2D eigenvalue weighted by molar-refractivity contribution is 5.74. The summed E-state index contributed by atoms with van der Waals surface area (Å²) in [4.78, 5) is 14.5. The lowest BCUT2D eigenvalue weighted by Crippen LogP contribution is -2.44. The van der Waals surface area contributed by atoms with Crippen molar-refractivity contribution in [1.82, 2.24) is 4.98 Å². The molecule has 1 aromatic heterocycles. The Hall–Kier alpha value is -1.62. The fourth-order valence-electron chi connectivity index (χ4n) is 0.985. The smallest absolute Gasteiger partial charge is 0.322 e. The molecule has 1 heterocycles. The average molecular weight is 195 g/mol. The highest BCUT2D eigenvalue weighted by atomic mass is 16.4. The predicted molar refractivity (Wildman–Crippen MR) is 52.9 cm³/mol. The molecule has 0 aliphatic carbocycles. The summed E-state index contributed by atoms with van der Waals surface area (Å²) < 4.78 is 0. The number of aromatic nitrogens is 1. The summed E-state index contributed by atoms with van der Waals surface area (Å²) in [6.45, 7) is 1.70. The van der Waals surface area contributed by atoms with Gasteiger partial charge in [-0.15, -0.1) is 0 Å². The van der Waals surface area contributed by atoms with Gasteiger partial charge >= 0.3 is 5.97 Å². The van der Waals surface area contributed by atoms with Gasteiger partial charge in [-0.2, -0.15) is 0 Å². The largest absolute Gasteiger partial charge is 0.480 e. The van der Waals surface area contributed by atoms with Crippen molar-refractivity contribution in [2.75, 3.05) is 5.32 Å². The summed E-state index contributed by atoms with van der Waals surface area (Å²) in [6, 6.07) is 4.06. The zero-order chi connectivity index (χ0) is 10.6. The number of rotatable bonds is 4. The first-order chi connectivity index (χ1) is 6.61. The van der Waals surface area contributed by atoms with Crippen molar-refractivity contribution in [3.63, 3.8) is 0 Å². The number of pyridine rings is 1. The summed E-state index contributed by atoms with van der Waals surface area (Å²) in [5.74, 6) is -0.405. The van der Waals surface area contributed by atoms with Gasteiger partial charge in [0.15, 0.2) is 0 Å². The number of hydrogen-bond donors (Lipinski definition) is 3. The van der Waals surface area contributed by atoms with Gasteiger partial charge in [0.1, 0.15) is 11.9 Å². The van der Waals surface area contributed by atoms with E-state index in [9.17, 15) is 4.79 Å². The second kappa shape index (κ2) is 4.57. The predicted octanol–water partition coefficient (Wildman–Crippen LogP) is 0.294. The third kappa shape index (κ3) is 2.70. The van der Waals surface area contributed by atoms with Crippen LogP contribution in [-0.2, 0) is 4.79 Å². The van der Waals surface area contributed by atoms with Crippen LogP contribution in [0.1, 0.15) is 6.92 Å². The van der Waals surface area contributed by atoms with E-state index >= 15 is 0 Å². The summed E-state index contributed by atoms with van der Waals surface area (Å²) >= 11 is 0. The molecule has 0 radical (unpaired) electrons. The van der Waals surface area contributed by atoms with Crippen molar-refractivity contribution in [3.05, 3.63) is 24.4 Å². The van der Waals surface area contributed by atoms with E-state index in [1.54, 1.807) is 25.3 Å². The number of hydrogen-bond acceptors (Lipinski definition) is 4. The molecular weight excluding hydrogens is 182 g/mol. The van der Waals surface area contributed by atoms with Gasteiger partial charge in [-0.05, 0) is 19.1 Å². The molecule has 0 aromatic carbocycles. The Morgan fingerprint density at radius 2 is 2.36 bits per heavy atom. The van der Waals surface area contributed by atoms with Crippen LogP contribution in [0.5, 0.6) is 0 Å². The van der Waals surface area contributed by atoms with Crippen LogP contribution in [0.4, 0.5) is 5.82 Å². The van der Waals surface area contributed by atoms with E-state index < -0.39 is 12.0 Å². The third-order valence-corrected chi connectivity index (χ3v) is 1.86. The van der Waals surface area contributed by atoms with Crippen molar-refractivity contribution < 1.29 is 9.90 Å². The summed E-state index contributed by atoms with van der Waals surface area (Å²) in [5.41, 5.74) is 5.42. The molecule has 0 amide bonds. The molecule has 4 N–H and O–H groups in total. The molecule has 0 aliphatic heterocycles. The van der Waals surface area contributed by atoms with Crippen LogP contribution in [0.2, 0.25) is 0 Å². The van der Waals surface area contributed by atoms with E-state index in [4.69, 9.17) is 10.8 Å². The summed E-state index contributed by atoms with van der Waals surface area (Å²) in [5, 5.41) is 11.6. The number of carbonyl (C=O) groups is 1. The van der Waals surface area contributed by atoms with Gasteiger partial charge in [0, 0.05) is 6.20 Å². The molecule has 5 nitrogen and oxygen atoms in total. The number of anilines is 1. The minimum atomic E-state index is -1.03. The van der Waals surface area contributed by atoms with Gasteiger partial charge in [0.05, 0.1) is 6.04 Å². The van der Waals surface area contributed by atoms with E-state index in [1.165, 1.54) is 0 Å². The van der Waals surface area contributed by atoms with Crippen molar-refractivity contribution in [2.45, 2.75) is 19.0 Å². The molecule has 76 valence electrons. The molecule has 0 fully saturated rings. The maximum atomic E-state index is 10.5. The highest BCUT2D eigenvalue weighted by Crippen LogP contribution is 2.04. The fourth-order valence-corrected chi connectivity index (χ4v) is 0.985. The van der Waals surface area contributed by atoms with Gasteiger partial charge in [0.2, 0.25) is 0 Å². The van der Waals surface area contributed by atoms with Crippen LogP contribution in [-0.4, -0.2) is 28.1 Å². The molecule has 0 saturated heterocycles. The lowest BCUT2D eigenvalue weighted by atomic mass is 10.1. The SMILES string of the molecule is CC(Nc1ccccn1)C(N)C(=O)O. The highest BCUT2D eigenvalue weighted by Gasteiger charge is 2.19. The maximum Gasteiger partial charge on any atom is 0.322 e. The van der Waals surface area contributed by atoms with E-state index in [1.807, 2.05) is 6.07 Å². The Kier molecular flexibility index (Phi) is 3.41. The molecule has 2 unspecified atom stereocenters. The number of nitrogens with one attached hydrogen (secondary N) is 1. The lowest BCUT2D eigenvalue weighted by molar-refractivity contribution is -0.138. The van der Waals surface area contributed by atoms with Crippen LogP contribution in [0.15, 0.2) is 24.4 Å². The molecule has 0 bridgehead atoms. The van der Waals surface area contributed by atoms with E-state index in [-0.39, 0.29) is 6.04 Å².